The number of hydrogen-bond acceptors (Lipinski definition) is 2. The molecule has 0 amide bonds. The highest BCUT2D eigenvalue weighted by molar-refractivity contribution is 6.30. The molecule has 13 heavy (non-hydrogen) atoms. The first-order valence-corrected chi connectivity index (χ1v) is 3.92. The maximum Gasteiger partial charge on any atom is 0.352 e. The van der Waals surface area contributed by atoms with Crippen molar-refractivity contribution >= 4 is 17.6 Å². The summed E-state index contributed by atoms with van der Waals surface area (Å²) in [6.45, 7) is 1.59. The van der Waals surface area contributed by atoms with Gasteiger partial charge in [0.25, 0.3) is 5.56 Å². The molecule has 0 saturated carbocycles. The van der Waals surface area contributed by atoms with E-state index < -0.39 is 11.5 Å². The van der Waals surface area contributed by atoms with Crippen molar-refractivity contribution in [3.63, 3.8) is 0 Å². The Kier molecular flexibility index (Phi) is 2.43. The third kappa shape index (κ3) is 1.58. The molecule has 1 rings (SSSR count). The molecule has 0 spiro atoms. The lowest BCUT2D eigenvalue weighted by molar-refractivity contribution is 0.0684. The summed E-state index contributed by atoms with van der Waals surface area (Å²) in [6.07, 6.45) is 0. The van der Waals surface area contributed by atoms with Crippen LogP contribution >= 0.6 is 11.6 Å². The summed E-state index contributed by atoms with van der Waals surface area (Å²) >= 11 is 5.57. The molecule has 0 aliphatic heterocycles. The molecular formula is C8H8ClNO3. The van der Waals surface area contributed by atoms with Crippen molar-refractivity contribution in [1.29, 1.82) is 0 Å². The van der Waals surface area contributed by atoms with Gasteiger partial charge in [0.1, 0.15) is 10.7 Å². The van der Waals surface area contributed by atoms with Crippen LogP contribution < -0.4 is 5.56 Å². The van der Waals surface area contributed by atoms with E-state index in [0.717, 1.165) is 4.57 Å². The lowest BCUT2D eigenvalue weighted by atomic mass is 10.2. The zero-order valence-corrected chi connectivity index (χ0v) is 7.92. The Morgan fingerprint density at radius 3 is 2.62 bits per heavy atom. The van der Waals surface area contributed by atoms with E-state index in [2.05, 4.69) is 0 Å². The van der Waals surface area contributed by atoms with Gasteiger partial charge in [0, 0.05) is 7.05 Å². The highest BCUT2D eigenvalue weighted by atomic mass is 35.5. The van der Waals surface area contributed by atoms with Gasteiger partial charge in [0.2, 0.25) is 0 Å². The Hall–Kier alpha value is -1.29. The number of aryl methyl sites for hydroxylation is 1. The van der Waals surface area contributed by atoms with Gasteiger partial charge in [-0.2, -0.15) is 0 Å². The second-order valence-electron chi connectivity index (χ2n) is 2.69. The molecule has 1 aromatic rings. The number of aromatic carboxylic acids is 1. The predicted octanol–water partition coefficient (Wildman–Crippen LogP) is 1.05. The number of rotatable bonds is 1. The van der Waals surface area contributed by atoms with E-state index in [1.165, 1.54) is 13.1 Å². The van der Waals surface area contributed by atoms with Gasteiger partial charge < -0.3 is 9.67 Å². The number of aromatic nitrogens is 1. The van der Waals surface area contributed by atoms with Crippen LogP contribution in [0.2, 0.25) is 5.02 Å². The Labute approximate surface area is 79.4 Å². The van der Waals surface area contributed by atoms with Crippen LogP contribution in [0, 0.1) is 6.92 Å². The zero-order valence-electron chi connectivity index (χ0n) is 7.17. The van der Waals surface area contributed by atoms with Crippen molar-refractivity contribution in [2.24, 2.45) is 7.05 Å². The average Bonchev–Trinajstić information content (AvgIpc) is 1.99. The molecular weight excluding hydrogens is 194 g/mol. The van der Waals surface area contributed by atoms with Gasteiger partial charge >= 0.3 is 5.97 Å². The highest BCUT2D eigenvalue weighted by Gasteiger charge is 2.13. The number of pyridine rings is 1. The molecule has 0 unspecified atom stereocenters. The molecule has 0 bridgehead atoms. The van der Waals surface area contributed by atoms with Crippen LogP contribution in [0.15, 0.2) is 10.9 Å². The predicted molar refractivity (Wildman–Crippen MR) is 48.4 cm³/mol. The molecule has 4 nitrogen and oxygen atoms in total. The van der Waals surface area contributed by atoms with Crippen molar-refractivity contribution in [3.05, 3.63) is 32.7 Å². The minimum absolute atomic E-state index is 0.0324. The minimum Gasteiger partial charge on any atom is -0.477 e. The number of hydrogen-bond donors (Lipinski definition) is 1. The van der Waals surface area contributed by atoms with E-state index in [9.17, 15) is 9.59 Å². The van der Waals surface area contributed by atoms with Crippen molar-refractivity contribution < 1.29 is 9.90 Å². The molecule has 0 fully saturated rings. The maximum absolute atomic E-state index is 11.2. The normalized spacial score (nSPS) is 10.1. The third-order valence-corrected chi connectivity index (χ3v) is 2.03. The first-order chi connectivity index (χ1) is 5.95. The summed E-state index contributed by atoms with van der Waals surface area (Å²) in [5.41, 5.74) is -0.0568. The SMILES string of the molecule is Cc1cc(Cl)c(=O)n(C)c1C(=O)O. The summed E-state index contributed by atoms with van der Waals surface area (Å²) < 4.78 is 1.03. The number of nitrogens with zero attached hydrogens (tertiary/aromatic N) is 1. The number of carboxylic acid groups (broad SMARTS) is 1. The minimum atomic E-state index is -1.13. The molecule has 0 aromatic carbocycles. The smallest absolute Gasteiger partial charge is 0.352 e. The zero-order chi connectivity index (χ0) is 10.2. The van der Waals surface area contributed by atoms with Crippen LogP contribution in [0.25, 0.3) is 0 Å². The summed E-state index contributed by atoms with van der Waals surface area (Å²) in [6, 6.07) is 1.35. The van der Waals surface area contributed by atoms with Crippen LogP contribution in [-0.2, 0) is 7.05 Å². The number of halogens is 1. The Morgan fingerprint density at radius 2 is 2.15 bits per heavy atom. The van der Waals surface area contributed by atoms with E-state index in [1.54, 1.807) is 6.92 Å². The van der Waals surface area contributed by atoms with Gasteiger partial charge in [-0.3, -0.25) is 4.79 Å². The average molecular weight is 202 g/mol. The Bertz CT molecular complexity index is 422. The fourth-order valence-corrected chi connectivity index (χ4v) is 1.45. The number of carboxylic acids is 1. The van der Waals surface area contributed by atoms with E-state index >= 15 is 0 Å². The fraction of sp³-hybridized carbons (Fsp3) is 0.250. The summed E-state index contributed by atoms with van der Waals surface area (Å²) in [5, 5.41) is 8.79. The molecule has 0 saturated heterocycles. The van der Waals surface area contributed by atoms with E-state index in [4.69, 9.17) is 16.7 Å². The molecule has 70 valence electrons. The van der Waals surface area contributed by atoms with Crippen molar-refractivity contribution in [2.75, 3.05) is 0 Å². The topological polar surface area (TPSA) is 59.3 Å². The molecule has 0 radical (unpaired) electrons. The Morgan fingerprint density at radius 1 is 1.62 bits per heavy atom. The maximum atomic E-state index is 11.2. The third-order valence-electron chi connectivity index (χ3n) is 1.76. The van der Waals surface area contributed by atoms with Gasteiger partial charge in [-0.25, -0.2) is 4.79 Å². The van der Waals surface area contributed by atoms with Crippen LogP contribution in [0.4, 0.5) is 0 Å². The molecule has 5 heteroatoms. The van der Waals surface area contributed by atoms with Crippen molar-refractivity contribution in [1.82, 2.24) is 4.57 Å². The lowest BCUT2D eigenvalue weighted by Crippen LogP contribution is -2.24. The quantitative estimate of drug-likeness (QED) is 0.739. The molecule has 1 heterocycles. The molecule has 1 N–H and O–H groups in total. The van der Waals surface area contributed by atoms with Crippen LogP contribution in [-0.4, -0.2) is 15.6 Å². The van der Waals surface area contributed by atoms with Crippen molar-refractivity contribution in [3.8, 4) is 0 Å². The summed E-state index contributed by atoms with van der Waals surface area (Å²) in [7, 11) is 1.38. The van der Waals surface area contributed by atoms with Crippen LogP contribution in [0.1, 0.15) is 16.1 Å². The largest absolute Gasteiger partial charge is 0.477 e. The second-order valence-corrected chi connectivity index (χ2v) is 3.10. The van der Waals surface area contributed by atoms with E-state index in [0.29, 0.717) is 5.56 Å². The van der Waals surface area contributed by atoms with Gasteiger partial charge in [0.05, 0.1) is 0 Å². The Balaban J connectivity index is 3.63. The van der Waals surface area contributed by atoms with E-state index in [1.807, 2.05) is 0 Å². The fourth-order valence-electron chi connectivity index (χ4n) is 1.16. The van der Waals surface area contributed by atoms with Crippen LogP contribution in [0.3, 0.4) is 0 Å². The summed E-state index contributed by atoms with van der Waals surface area (Å²) in [4.78, 5) is 21.9. The van der Waals surface area contributed by atoms with Gasteiger partial charge in [-0.15, -0.1) is 0 Å². The number of carbonyl (C=O) groups is 1. The first kappa shape index (κ1) is 9.80. The molecule has 0 aliphatic rings. The molecule has 0 atom stereocenters. The van der Waals surface area contributed by atoms with Gasteiger partial charge in [0.15, 0.2) is 0 Å². The van der Waals surface area contributed by atoms with Crippen molar-refractivity contribution in [2.45, 2.75) is 6.92 Å². The lowest BCUT2D eigenvalue weighted by Gasteiger charge is -2.06. The monoisotopic (exact) mass is 201 g/mol. The van der Waals surface area contributed by atoms with Gasteiger partial charge in [-0.05, 0) is 18.6 Å². The highest BCUT2D eigenvalue weighted by Crippen LogP contribution is 2.09. The van der Waals surface area contributed by atoms with Gasteiger partial charge in [-0.1, -0.05) is 11.6 Å². The van der Waals surface area contributed by atoms with E-state index in [-0.39, 0.29) is 10.7 Å². The summed E-state index contributed by atoms with van der Waals surface area (Å²) in [5.74, 6) is -1.13. The first-order valence-electron chi connectivity index (χ1n) is 3.54. The molecule has 0 aliphatic carbocycles. The standard InChI is InChI=1S/C8H8ClNO3/c1-4-3-5(9)7(11)10(2)6(4)8(12)13/h3H,1-2H3,(H,12,13). The molecule has 1 aromatic heterocycles. The second kappa shape index (κ2) is 3.22. The van der Waals surface area contributed by atoms with Crippen LogP contribution in [0.5, 0.6) is 0 Å².